The molecular formula is C13H22N4O2S. The Morgan fingerprint density at radius 2 is 2.25 bits per heavy atom. The first-order valence-corrected chi connectivity index (χ1v) is 8.06. The van der Waals surface area contributed by atoms with Gasteiger partial charge in [0.15, 0.2) is 5.16 Å². The lowest BCUT2D eigenvalue weighted by molar-refractivity contribution is -0.142. The Labute approximate surface area is 123 Å². The summed E-state index contributed by atoms with van der Waals surface area (Å²) >= 11 is 1.64. The van der Waals surface area contributed by atoms with Gasteiger partial charge in [0.25, 0.3) is 0 Å². The maximum Gasteiger partial charge on any atom is 0.323 e. The normalized spacial score (nSPS) is 18.1. The van der Waals surface area contributed by atoms with Crippen molar-refractivity contribution < 1.29 is 9.90 Å². The van der Waals surface area contributed by atoms with Gasteiger partial charge in [0.2, 0.25) is 0 Å². The molecule has 0 aromatic carbocycles. The van der Waals surface area contributed by atoms with Crippen LogP contribution in [0.3, 0.4) is 0 Å². The van der Waals surface area contributed by atoms with Gasteiger partial charge in [-0.05, 0) is 32.6 Å². The molecule has 0 aliphatic carbocycles. The van der Waals surface area contributed by atoms with Crippen molar-refractivity contribution in [2.75, 3.05) is 5.75 Å². The quantitative estimate of drug-likeness (QED) is 0.613. The molecule has 1 unspecified atom stereocenters. The van der Waals surface area contributed by atoms with Crippen LogP contribution >= 0.6 is 11.8 Å². The van der Waals surface area contributed by atoms with E-state index in [4.69, 9.17) is 10.8 Å². The lowest BCUT2D eigenvalue weighted by Crippen LogP contribution is -2.44. The highest BCUT2D eigenvalue weighted by molar-refractivity contribution is 7.99. The average Bonchev–Trinajstić information content (AvgIpc) is 2.62. The summed E-state index contributed by atoms with van der Waals surface area (Å²) in [6.07, 6.45) is 5.85. The fraction of sp³-hybridized carbons (Fsp3) is 0.769. The predicted molar refractivity (Wildman–Crippen MR) is 77.8 cm³/mol. The molecular weight excluding hydrogens is 276 g/mol. The zero-order valence-electron chi connectivity index (χ0n) is 11.8. The van der Waals surface area contributed by atoms with Gasteiger partial charge in [-0.15, -0.1) is 10.2 Å². The molecule has 1 aromatic rings. The molecule has 2 rings (SSSR count). The zero-order valence-corrected chi connectivity index (χ0v) is 12.7. The number of thioether (sulfide) groups is 1. The van der Waals surface area contributed by atoms with Crippen molar-refractivity contribution in [2.24, 2.45) is 5.73 Å². The van der Waals surface area contributed by atoms with Gasteiger partial charge < -0.3 is 15.4 Å². The minimum atomic E-state index is -1.14. The molecule has 0 amide bonds. The summed E-state index contributed by atoms with van der Waals surface area (Å²) in [5.41, 5.74) is 4.57. The predicted octanol–water partition coefficient (Wildman–Crippen LogP) is 1.68. The van der Waals surface area contributed by atoms with E-state index in [0.717, 1.165) is 36.1 Å². The van der Waals surface area contributed by atoms with Crippen LogP contribution in [-0.4, -0.2) is 37.1 Å². The maximum absolute atomic E-state index is 10.9. The zero-order chi connectivity index (χ0) is 14.6. The van der Waals surface area contributed by atoms with E-state index < -0.39 is 11.5 Å². The van der Waals surface area contributed by atoms with Crippen LogP contribution in [-0.2, 0) is 17.8 Å². The SMILES string of the molecule is CC(N)(CCCSc1nnc2n1CCCCC2)C(=O)O. The number of aromatic nitrogens is 3. The van der Waals surface area contributed by atoms with Gasteiger partial charge in [-0.25, -0.2) is 0 Å². The standard InChI is InChI=1S/C13H22N4O2S/c1-13(14,11(18)19)7-5-9-20-12-16-15-10-6-3-2-4-8-17(10)12/h2-9,14H2,1H3,(H,18,19). The van der Waals surface area contributed by atoms with Crippen LogP contribution < -0.4 is 5.73 Å². The van der Waals surface area contributed by atoms with E-state index >= 15 is 0 Å². The summed E-state index contributed by atoms with van der Waals surface area (Å²) in [6.45, 7) is 2.55. The second-order valence-corrected chi connectivity index (χ2v) is 6.60. The molecule has 6 nitrogen and oxygen atoms in total. The molecule has 7 heteroatoms. The highest BCUT2D eigenvalue weighted by atomic mass is 32.2. The largest absolute Gasteiger partial charge is 0.480 e. The van der Waals surface area contributed by atoms with E-state index in [1.54, 1.807) is 18.7 Å². The van der Waals surface area contributed by atoms with E-state index in [1.165, 1.54) is 19.3 Å². The second-order valence-electron chi connectivity index (χ2n) is 5.54. The summed E-state index contributed by atoms with van der Waals surface area (Å²) in [5.74, 6) is 0.955. The summed E-state index contributed by atoms with van der Waals surface area (Å²) in [4.78, 5) is 10.9. The smallest absolute Gasteiger partial charge is 0.323 e. The van der Waals surface area contributed by atoms with Gasteiger partial charge >= 0.3 is 5.97 Å². The van der Waals surface area contributed by atoms with E-state index in [0.29, 0.717) is 6.42 Å². The molecule has 0 bridgehead atoms. The molecule has 0 radical (unpaired) electrons. The number of fused-ring (bicyclic) bond motifs is 1. The third-order valence-electron chi connectivity index (χ3n) is 3.64. The number of hydrogen-bond donors (Lipinski definition) is 2. The van der Waals surface area contributed by atoms with E-state index in [2.05, 4.69) is 14.8 Å². The Balaban J connectivity index is 1.83. The van der Waals surface area contributed by atoms with Gasteiger partial charge in [-0.2, -0.15) is 0 Å². The Morgan fingerprint density at radius 3 is 3.00 bits per heavy atom. The summed E-state index contributed by atoms with van der Waals surface area (Å²) in [6, 6.07) is 0. The third-order valence-corrected chi connectivity index (χ3v) is 4.69. The molecule has 3 N–H and O–H groups in total. The lowest BCUT2D eigenvalue weighted by atomic mass is 9.98. The first-order valence-electron chi connectivity index (χ1n) is 7.08. The average molecular weight is 298 g/mol. The van der Waals surface area contributed by atoms with Crippen LogP contribution in [0.1, 0.15) is 44.9 Å². The van der Waals surface area contributed by atoms with Crippen molar-refractivity contribution in [3.8, 4) is 0 Å². The van der Waals surface area contributed by atoms with Crippen LogP contribution in [0, 0.1) is 0 Å². The van der Waals surface area contributed by atoms with Crippen LogP contribution in [0.4, 0.5) is 0 Å². The first-order chi connectivity index (χ1) is 9.50. The number of carboxylic acids is 1. The first kappa shape index (κ1) is 15.3. The highest BCUT2D eigenvalue weighted by Crippen LogP contribution is 2.23. The molecule has 2 heterocycles. The second kappa shape index (κ2) is 6.58. The minimum absolute atomic E-state index is 0.469. The number of nitrogens with zero attached hydrogens (tertiary/aromatic N) is 3. The lowest BCUT2D eigenvalue weighted by Gasteiger charge is -2.18. The fourth-order valence-electron chi connectivity index (χ4n) is 2.27. The number of rotatable bonds is 6. The van der Waals surface area contributed by atoms with Crippen LogP contribution in [0.25, 0.3) is 0 Å². The molecule has 0 saturated heterocycles. The highest BCUT2D eigenvalue weighted by Gasteiger charge is 2.27. The molecule has 1 aromatic heterocycles. The topological polar surface area (TPSA) is 94.0 Å². The molecule has 0 fully saturated rings. The van der Waals surface area contributed by atoms with E-state index in [-0.39, 0.29) is 0 Å². The number of carboxylic acid groups (broad SMARTS) is 1. The summed E-state index contributed by atoms with van der Waals surface area (Å²) < 4.78 is 2.20. The van der Waals surface area contributed by atoms with Crippen molar-refractivity contribution >= 4 is 17.7 Å². The maximum atomic E-state index is 10.9. The van der Waals surface area contributed by atoms with E-state index in [1.807, 2.05) is 0 Å². The van der Waals surface area contributed by atoms with Gasteiger partial charge in [-0.1, -0.05) is 18.2 Å². The van der Waals surface area contributed by atoms with Crippen molar-refractivity contribution in [1.82, 2.24) is 14.8 Å². The summed E-state index contributed by atoms with van der Waals surface area (Å²) in [5, 5.41) is 18.4. The molecule has 1 aliphatic heterocycles. The van der Waals surface area contributed by atoms with Crippen LogP contribution in [0.5, 0.6) is 0 Å². The Hall–Kier alpha value is -1.08. The van der Waals surface area contributed by atoms with Gasteiger partial charge in [0.1, 0.15) is 11.4 Å². The van der Waals surface area contributed by atoms with Crippen molar-refractivity contribution in [2.45, 2.75) is 62.7 Å². The monoisotopic (exact) mass is 298 g/mol. The van der Waals surface area contributed by atoms with Crippen LogP contribution in [0.15, 0.2) is 5.16 Å². The van der Waals surface area contributed by atoms with Gasteiger partial charge in [0.05, 0.1) is 0 Å². The molecule has 0 saturated carbocycles. The van der Waals surface area contributed by atoms with Gasteiger partial charge in [0, 0.05) is 18.7 Å². The van der Waals surface area contributed by atoms with Crippen LogP contribution in [0.2, 0.25) is 0 Å². The Bertz CT molecular complexity index is 473. The van der Waals surface area contributed by atoms with Gasteiger partial charge in [-0.3, -0.25) is 4.79 Å². The Kier molecular flexibility index (Phi) is 5.04. The molecule has 112 valence electrons. The number of nitrogens with two attached hydrogens (primary N) is 1. The van der Waals surface area contributed by atoms with E-state index in [9.17, 15) is 4.79 Å². The Morgan fingerprint density at radius 1 is 1.45 bits per heavy atom. The minimum Gasteiger partial charge on any atom is -0.480 e. The number of hydrogen-bond acceptors (Lipinski definition) is 5. The molecule has 1 aliphatic rings. The number of aliphatic carboxylic acids is 1. The molecule has 20 heavy (non-hydrogen) atoms. The van der Waals surface area contributed by atoms with Crippen molar-refractivity contribution in [3.05, 3.63) is 5.82 Å². The number of aryl methyl sites for hydroxylation is 1. The van der Waals surface area contributed by atoms with Crippen molar-refractivity contribution in [3.63, 3.8) is 0 Å². The third kappa shape index (κ3) is 3.73. The fourth-order valence-corrected chi connectivity index (χ4v) is 3.20. The molecule has 1 atom stereocenters. The van der Waals surface area contributed by atoms with Crippen molar-refractivity contribution in [1.29, 1.82) is 0 Å². The summed E-state index contributed by atoms with van der Waals surface area (Å²) in [7, 11) is 0. The number of carbonyl (C=O) groups is 1. The molecule has 0 spiro atoms.